The normalized spacial score (nSPS) is 10.8. The Morgan fingerprint density at radius 3 is 2.62 bits per heavy atom. The van der Waals surface area contributed by atoms with Gasteiger partial charge in [-0.15, -0.1) is 17.8 Å². The molecule has 0 aliphatic carbocycles. The van der Waals surface area contributed by atoms with Gasteiger partial charge in [0.15, 0.2) is 0 Å². The number of hydrogen-bond acceptors (Lipinski definition) is 5. The molecule has 0 saturated heterocycles. The van der Waals surface area contributed by atoms with Crippen LogP contribution >= 0.6 is 11.3 Å². The van der Waals surface area contributed by atoms with Crippen molar-refractivity contribution in [3.05, 3.63) is 94.6 Å². The maximum Gasteiger partial charge on any atom is 0.258 e. The van der Waals surface area contributed by atoms with Gasteiger partial charge in [0.25, 0.3) is 5.91 Å². The molecule has 5 rings (SSSR count). The summed E-state index contributed by atoms with van der Waals surface area (Å²) in [5, 5.41) is 6.88. The molecule has 0 aliphatic heterocycles. The molecule has 0 aliphatic rings. The highest BCUT2D eigenvalue weighted by Gasteiger charge is 2.17. The topological polar surface area (TPSA) is 80.9 Å². The number of terminal acetylenes is 1. The summed E-state index contributed by atoms with van der Waals surface area (Å²) >= 11 is 1.37. The zero-order valence-corrected chi connectivity index (χ0v) is 17.8. The van der Waals surface area contributed by atoms with Crippen LogP contribution in [0.25, 0.3) is 21.0 Å². The first-order valence-electron chi connectivity index (χ1n) is 9.99. The van der Waals surface area contributed by atoms with Gasteiger partial charge in [0.2, 0.25) is 0 Å². The number of nitrogens with two attached hydrogens (primary N) is 1. The van der Waals surface area contributed by atoms with Gasteiger partial charge in [-0.05, 0) is 41.1 Å². The van der Waals surface area contributed by atoms with Crippen LogP contribution in [0.15, 0.2) is 72.4 Å². The third kappa shape index (κ3) is 3.55. The molecule has 0 spiro atoms. The molecule has 2 heterocycles. The SMILES string of the molecule is C#Cc1ccc(Cc2cccc3c(NC(=O)c4csc5c(N)ncnc45)cccc23)cc1. The smallest absolute Gasteiger partial charge is 0.258 e. The number of fused-ring (bicyclic) bond motifs is 2. The third-order valence-corrected chi connectivity index (χ3v) is 6.39. The summed E-state index contributed by atoms with van der Waals surface area (Å²) in [7, 11) is 0. The standard InChI is InChI=1S/C26H18N4OS/c1-2-16-9-11-17(12-10-16)13-18-5-3-7-20-19(18)6-4-8-22(20)30-26(31)21-14-32-24-23(21)28-15-29-25(24)27/h1,3-12,14-15H,13H2,(H,30,31)(H2,27,28,29). The van der Waals surface area contributed by atoms with Crippen molar-refractivity contribution in [2.75, 3.05) is 11.1 Å². The Balaban J connectivity index is 1.48. The lowest BCUT2D eigenvalue weighted by Gasteiger charge is -2.12. The van der Waals surface area contributed by atoms with E-state index in [1.165, 1.54) is 28.8 Å². The molecule has 3 N–H and O–H groups in total. The molecule has 0 atom stereocenters. The minimum atomic E-state index is -0.225. The summed E-state index contributed by atoms with van der Waals surface area (Å²) in [6.07, 6.45) is 7.60. The number of rotatable bonds is 4. The van der Waals surface area contributed by atoms with E-state index in [0.29, 0.717) is 21.6 Å². The first-order chi connectivity index (χ1) is 15.6. The van der Waals surface area contributed by atoms with Crippen LogP contribution in [0.2, 0.25) is 0 Å². The molecular formula is C26H18N4OS. The maximum atomic E-state index is 13.1. The van der Waals surface area contributed by atoms with Crippen LogP contribution < -0.4 is 11.1 Å². The lowest BCUT2D eigenvalue weighted by molar-refractivity contribution is 0.102. The molecule has 6 heteroatoms. The van der Waals surface area contributed by atoms with Gasteiger partial charge in [-0.25, -0.2) is 9.97 Å². The van der Waals surface area contributed by atoms with Gasteiger partial charge in [-0.3, -0.25) is 4.79 Å². The molecule has 3 aromatic carbocycles. The summed E-state index contributed by atoms with van der Waals surface area (Å²) in [4.78, 5) is 21.3. The number of aromatic nitrogens is 2. The van der Waals surface area contributed by atoms with Crippen LogP contribution in [0.1, 0.15) is 27.0 Å². The lowest BCUT2D eigenvalue weighted by atomic mass is 9.97. The van der Waals surface area contributed by atoms with Gasteiger partial charge in [-0.1, -0.05) is 48.4 Å². The fourth-order valence-corrected chi connectivity index (χ4v) is 4.70. The lowest BCUT2D eigenvalue weighted by Crippen LogP contribution is -2.12. The predicted octanol–water partition coefficient (Wildman–Crippen LogP) is 5.25. The molecule has 32 heavy (non-hydrogen) atoms. The second-order valence-corrected chi connectivity index (χ2v) is 8.26. The van der Waals surface area contributed by atoms with E-state index in [1.807, 2.05) is 36.4 Å². The van der Waals surface area contributed by atoms with E-state index in [9.17, 15) is 4.79 Å². The van der Waals surface area contributed by atoms with Crippen molar-refractivity contribution in [1.29, 1.82) is 0 Å². The average Bonchev–Trinajstić information content (AvgIpc) is 3.26. The first kappa shape index (κ1) is 19.7. The number of carbonyl (C=O) groups is 1. The Morgan fingerprint density at radius 2 is 1.81 bits per heavy atom. The second kappa shape index (κ2) is 8.14. The fraction of sp³-hybridized carbons (Fsp3) is 0.0385. The first-order valence-corrected chi connectivity index (χ1v) is 10.9. The van der Waals surface area contributed by atoms with Gasteiger partial charge in [0, 0.05) is 22.0 Å². The van der Waals surface area contributed by atoms with E-state index in [2.05, 4.69) is 45.5 Å². The highest BCUT2D eigenvalue weighted by Crippen LogP contribution is 2.31. The highest BCUT2D eigenvalue weighted by molar-refractivity contribution is 7.18. The number of amides is 1. The number of nitrogen functional groups attached to an aromatic ring is 1. The van der Waals surface area contributed by atoms with Crippen molar-refractivity contribution in [3.8, 4) is 12.3 Å². The molecule has 2 aromatic heterocycles. The quantitative estimate of drug-likeness (QED) is 0.379. The molecule has 154 valence electrons. The van der Waals surface area contributed by atoms with E-state index in [0.717, 1.165) is 28.4 Å². The number of nitrogens with zero attached hydrogens (tertiary/aromatic N) is 2. The Bertz CT molecular complexity index is 1510. The van der Waals surface area contributed by atoms with Gasteiger partial charge >= 0.3 is 0 Å². The zero-order chi connectivity index (χ0) is 22.1. The number of carbonyl (C=O) groups excluding carboxylic acids is 1. The minimum Gasteiger partial charge on any atom is -0.382 e. The van der Waals surface area contributed by atoms with Gasteiger partial charge < -0.3 is 11.1 Å². The van der Waals surface area contributed by atoms with E-state index < -0.39 is 0 Å². The van der Waals surface area contributed by atoms with Crippen molar-refractivity contribution in [3.63, 3.8) is 0 Å². The van der Waals surface area contributed by atoms with Crippen LogP contribution in [-0.2, 0) is 6.42 Å². The van der Waals surface area contributed by atoms with Gasteiger partial charge in [0.05, 0.1) is 15.8 Å². The monoisotopic (exact) mass is 434 g/mol. The largest absolute Gasteiger partial charge is 0.382 e. The Hall–Kier alpha value is -4.21. The van der Waals surface area contributed by atoms with E-state index >= 15 is 0 Å². The Kier molecular flexibility index (Phi) is 5.02. The van der Waals surface area contributed by atoms with Crippen LogP contribution in [0, 0.1) is 12.3 Å². The van der Waals surface area contributed by atoms with Crippen molar-refractivity contribution in [2.45, 2.75) is 6.42 Å². The average molecular weight is 435 g/mol. The Morgan fingerprint density at radius 1 is 1.03 bits per heavy atom. The number of hydrogen-bond donors (Lipinski definition) is 2. The van der Waals surface area contributed by atoms with Crippen molar-refractivity contribution in [1.82, 2.24) is 9.97 Å². The maximum absolute atomic E-state index is 13.1. The van der Waals surface area contributed by atoms with Crippen molar-refractivity contribution < 1.29 is 4.79 Å². The predicted molar refractivity (Wildman–Crippen MR) is 131 cm³/mol. The number of thiophene rings is 1. The fourth-order valence-electron chi connectivity index (χ4n) is 3.80. The summed E-state index contributed by atoms with van der Waals surface area (Å²) in [5.41, 5.74) is 10.9. The van der Waals surface area contributed by atoms with E-state index in [-0.39, 0.29) is 5.91 Å². The minimum absolute atomic E-state index is 0.225. The van der Waals surface area contributed by atoms with Gasteiger partial charge in [-0.2, -0.15) is 0 Å². The summed E-state index contributed by atoms with van der Waals surface area (Å²) in [5.74, 6) is 2.80. The Labute approximate surface area is 188 Å². The molecule has 0 radical (unpaired) electrons. The van der Waals surface area contributed by atoms with Crippen LogP contribution in [-0.4, -0.2) is 15.9 Å². The molecule has 5 nitrogen and oxygen atoms in total. The molecule has 0 saturated carbocycles. The summed E-state index contributed by atoms with van der Waals surface area (Å²) < 4.78 is 0.716. The summed E-state index contributed by atoms with van der Waals surface area (Å²) in [6.45, 7) is 0. The molecule has 0 unspecified atom stereocenters. The zero-order valence-electron chi connectivity index (χ0n) is 17.0. The molecular weight excluding hydrogens is 416 g/mol. The van der Waals surface area contributed by atoms with E-state index in [4.69, 9.17) is 12.2 Å². The number of anilines is 2. The third-order valence-electron chi connectivity index (χ3n) is 5.40. The molecule has 5 aromatic rings. The molecule has 0 fully saturated rings. The van der Waals surface area contributed by atoms with Crippen LogP contribution in [0.3, 0.4) is 0 Å². The van der Waals surface area contributed by atoms with Crippen molar-refractivity contribution in [2.24, 2.45) is 0 Å². The van der Waals surface area contributed by atoms with E-state index in [1.54, 1.807) is 5.38 Å². The van der Waals surface area contributed by atoms with Crippen LogP contribution in [0.4, 0.5) is 11.5 Å². The second-order valence-electron chi connectivity index (χ2n) is 7.38. The number of benzene rings is 3. The van der Waals surface area contributed by atoms with Crippen LogP contribution in [0.5, 0.6) is 0 Å². The number of nitrogens with one attached hydrogen (secondary N) is 1. The molecule has 1 amide bonds. The van der Waals surface area contributed by atoms with Crippen molar-refractivity contribution >= 4 is 49.7 Å². The van der Waals surface area contributed by atoms with Gasteiger partial charge in [0.1, 0.15) is 12.1 Å². The summed E-state index contributed by atoms with van der Waals surface area (Å²) in [6, 6.07) is 20.1. The molecule has 0 bridgehead atoms. The highest BCUT2D eigenvalue weighted by atomic mass is 32.1.